The lowest BCUT2D eigenvalue weighted by molar-refractivity contribution is -0.117. The SMILES string of the molecule is Cn1cc([C@@H]2C[C@@H]2C(=O)Nc2ccc3c(c2)CCC(=O)N3)cn1. The Morgan fingerprint density at radius 2 is 2.26 bits per heavy atom. The lowest BCUT2D eigenvalue weighted by Gasteiger charge is -2.17. The van der Waals surface area contributed by atoms with Crippen LogP contribution < -0.4 is 10.6 Å². The summed E-state index contributed by atoms with van der Waals surface area (Å²) in [6, 6.07) is 5.64. The topological polar surface area (TPSA) is 76.0 Å². The number of rotatable bonds is 3. The molecule has 23 heavy (non-hydrogen) atoms. The molecule has 1 fully saturated rings. The average Bonchev–Trinajstić information content (AvgIpc) is 3.22. The Morgan fingerprint density at radius 3 is 3.04 bits per heavy atom. The van der Waals surface area contributed by atoms with Gasteiger partial charge in [-0.25, -0.2) is 0 Å². The summed E-state index contributed by atoms with van der Waals surface area (Å²) in [5.74, 6) is 0.403. The van der Waals surface area contributed by atoms with Crippen molar-refractivity contribution < 1.29 is 9.59 Å². The maximum atomic E-state index is 12.4. The predicted octanol–water partition coefficient (Wildman–Crippen LogP) is 2.05. The van der Waals surface area contributed by atoms with Crippen LogP contribution >= 0.6 is 0 Å². The molecule has 6 heteroatoms. The van der Waals surface area contributed by atoms with E-state index >= 15 is 0 Å². The summed E-state index contributed by atoms with van der Waals surface area (Å²) in [6.45, 7) is 0. The van der Waals surface area contributed by atoms with Gasteiger partial charge in [0.15, 0.2) is 0 Å². The summed E-state index contributed by atoms with van der Waals surface area (Å²) < 4.78 is 1.76. The molecule has 0 spiro atoms. The van der Waals surface area contributed by atoms with Crippen molar-refractivity contribution >= 4 is 23.2 Å². The van der Waals surface area contributed by atoms with Crippen LogP contribution in [0.4, 0.5) is 11.4 Å². The molecule has 1 aromatic heterocycles. The largest absolute Gasteiger partial charge is 0.326 e. The second-order valence-electron chi connectivity index (χ2n) is 6.31. The minimum Gasteiger partial charge on any atom is -0.326 e. The number of aryl methyl sites for hydroxylation is 2. The van der Waals surface area contributed by atoms with Crippen LogP contribution in [-0.2, 0) is 23.1 Å². The number of carbonyl (C=O) groups is 2. The highest BCUT2D eigenvalue weighted by molar-refractivity contribution is 5.97. The Balaban J connectivity index is 1.43. The number of hydrogen-bond acceptors (Lipinski definition) is 3. The van der Waals surface area contributed by atoms with Gasteiger partial charge in [-0.1, -0.05) is 0 Å². The summed E-state index contributed by atoms with van der Waals surface area (Å²) in [5, 5.41) is 10.00. The molecule has 1 saturated carbocycles. The number of aromatic nitrogens is 2. The third kappa shape index (κ3) is 2.72. The molecule has 0 unspecified atom stereocenters. The van der Waals surface area contributed by atoms with E-state index in [2.05, 4.69) is 15.7 Å². The zero-order valence-electron chi connectivity index (χ0n) is 12.9. The average molecular weight is 310 g/mol. The first kappa shape index (κ1) is 14.0. The van der Waals surface area contributed by atoms with Gasteiger partial charge in [0.25, 0.3) is 0 Å². The number of carbonyl (C=O) groups excluding carboxylic acids is 2. The van der Waals surface area contributed by atoms with E-state index < -0.39 is 0 Å². The van der Waals surface area contributed by atoms with Gasteiger partial charge in [0, 0.05) is 37.0 Å². The second-order valence-corrected chi connectivity index (χ2v) is 6.31. The van der Waals surface area contributed by atoms with Gasteiger partial charge in [-0.3, -0.25) is 14.3 Å². The minimum atomic E-state index is 0.0231. The van der Waals surface area contributed by atoms with E-state index in [0.717, 1.165) is 28.9 Å². The highest BCUT2D eigenvalue weighted by Crippen LogP contribution is 2.47. The van der Waals surface area contributed by atoms with Crippen molar-refractivity contribution in [3.8, 4) is 0 Å². The smallest absolute Gasteiger partial charge is 0.228 e. The molecule has 2 atom stereocenters. The molecule has 1 aromatic carbocycles. The molecular weight excluding hydrogens is 292 g/mol. The maximum absolute atomic E-state index is 12.4. The summed E-state index contributed by atoms with van der Waals surface area (Å²) in [6.07, 6.45) is 5.89. The first-order valence-electron chi connectivity index (χ1n) is 7.82. The van der Waals surface area contributed by atoms with Gasteiger partial charge in [0.1, 0.15) is 0 Å². The first-order valence-corrected chi connectivity index (χ1v) is 7.82. The van der Waals surface area contributed by atoms with E-state index in [1.54, 1.807) is 4.68 Å². The molecule has 6 nitrogen and oxygen atoms in total. The Morgan fingerprint density at radius 1 is 1.39 bits per heavy atom. The first-order chi connectivity index (χ1) is 11.1. The van der Waals surface area contributed by atoms with Crippen molar-refractivity contribution in [2.75, 3.05) is 10.6 Å². The highest BCUT2D eigenvalue weighted by atomic mass is 16.2. The number of nitrogens with one attached hydrogen (secondary N) is 2. The van der Waals surface area contributed by atoms with Crippen molar-refractivity contribution in [3.05, 3.63) is 41.7 Å². The zero-order chi connectivity index (χ0) is 16.0. The number of nitrogens with zero attached hydrogens (tertiary/aromatic N) is 2. The van der Waals surface area contributed by atoms with E-state index in [9.17, 15) is 9.59 Å². The van der Waals surface area contributed by atoms with Crippen LogP contribution in [-0.4, -0.2) is 21.6 Å². The number of benzene rings is 1. The van der Waals surface area contributed by atoms with Gasteiger partial charge in [-0.05, 0) is 48.1 Å². The van der Waals surface area contributed by atoms with Crippen LogP contribution in [0.5, 0.6) is 0 Å². The van der Waals surface area contributed by atoms with Crippen LogP contribution in [0.15, 0.2) is 30.6 Å². The van der Waals surface area contributed by atoms with E-state index in [4.69, 9.17) is 0 Å². The van der Waals surface area contributed by atoms with Crippen molar-refractivity contribution in [2.45, 2.75) is 25.2 Å². The van der Waals surface area contributed by atoms with Crippen molar-refractivity contribution in [1.82, 2.24) is 9.78 Å². The Kier molecular flexibility index (Phi) is 3.18. The molecule has 2 amide bonds. The zero-order valence-corrected chi connectivity index (χ0v) is 12.9. The molecule has 2 heterocycles. The van der Waals surface area contributed by atoms with Gasteiger partial charge in [0.05, 0.1) is 6.20 Å². The lowest BCUT2D eigenvalue weighted by atomic mass is 10.0. The molecule has 0 saturated heterocycles. The van der Waals surface area contributed by atoms with Crippen molar-refractivity contribution in [2.24, 2.45) is 13.0 Å². The van der Waals surface area contributed by atoms with E-state index in [-0.39, 0.29) is 23.7 Å². The minimum absolute atomic E-state index is 0.0231. The fourth-order valence-electron chi connectivity index (χ4n) is 3.18. The number of fused-ring (bicyclic) bond motifs is 1. The Hall–Kier alpha value is -2.63. The normalized spacial score (nSPS) is 22.2. The van der Waals surface area contributed by atoms with Crippen LogP contribution in [0.1, 0.15) is 29.9 Å². The monoisotopic (exact) mass is 310 g/mol. The second kappa shape index (κ2) is 5.22. The molecule has 2 aliphatic rings. The number of amides is 2. The molecule has 0 bridgehead atoms. The van der Waals surface area contributed by atoms with Crippen molar-refractivity contribution in [3.63, 3.8) is 0 Å². The van der Waals surface area contributed by atoms with E-state index in [1.807, 2.05) is 37.6 Å². The van der Waals surface area contributed by atoms with Crippen LogP contribution in [0.2, 0.25) is 0 Å². The number of hydrogen-bond donors (Lipinski definition) is 2. The highest BCUT2D eigenvalue weighted by Gasteiger charge is 2.44. The molecule has 118 valence electrons. The lowest BCUT2D eigenvalue weighted by Crippen LogP contribution is -2.20. The molecule has 1 aliphatic carbocycles. The third-order valence-electron chi connectivity index (χ3n) is 4.55. The summed E-state index contributed by atoms with van der Waals surface area (Å²) in [4.78, 5) is 23.7. The molecule has 0 radical (unpaired) electrons. The Bertz CT molecular complexity index is 796. The summed E-state index contributed by atoms with van der Waals surface area (Å²) in [5.41, 5.74) is 3.84. The van der Waals surface area contributed by atoms with Gasteiger partial charge in [-0.2, -0.15) is 5.10 Å². The molecule has 2 aromatic rings. The third-order valence-corrected chi connectivity index (χ3v) is 4.55. The number of anilines is 2. The summed E-state index contributed by atoms with van der Waals surface area (Å²) in [7, 11) is 1.88. The standard InChI is InChI=1S/C17H18N4O2/c1-21-9-11(8-18-21)13-7-14(13)17(23)19-12-3-4-15-10(6-12)2-5-16(22)20-15/h3-4,6,8-9,13-14H,2,5,7H2,1H3,(H,19,23)(H,20,22)/t13-,14-/m0/s1. The molecule has 4 rings (SSSR count). The molecule has 2 N–H and O–H groups in total. The molecule has 1 aliphatic heterocycles. The quantitative estimate of drug-likeness (QED) is 0.911. The van der Waals surface area contributed by atoms with Crippen molar-refractivity contribution in [1.29, 1.82) is 0 Å². The molecular formula is C17H18N4O2. The van der Waals surface area contributed by atoms with E-state index in [1.165, 1.54) is 0 Å². The van der Waals surface area contributed by atoms with Gasteiger partial charge in [0.2, 0.25) is 11.8 Å². The van der Waals surface area contributed by atoms with E-state index in [0.29, 0.717) is 12.8 Å². The van der Waals surface area contributed by atoms with Crippen LogP contribution in [0, 0.1) is 5.92 Å². The van der Waals surface area contributed by atoms with Gasteiger partial charge < -0.3 is 10.6 Å². The fourth-order valence-corrected chi connectivity index (χ4v) is 3.18. The van der Waals surface area contributed by atoms with Gasteiger partial charge >= 0.3 is 0 Å². The maximum Gasteiger partial charge on any atom is 0.228 e. The Labute approximate surface area is 133 Å². The summed E-state index contributed by atoms with van der Waals surface area (Å²) >= 11 is 0. The predicted molar refractivity (Wildman–Crippen MR) is 86.1 cm³/mol. The van der Waals surface area contributed by atoms with Crippen LogP contribution in [0.25, 0.3) is 0 Å². The fraction of sp³-hybridized carbons (Fsp3) is 0.353. The van der Waals surface area contributed by atoms with Crippen LogP contribution in [0.3, 0.4) is 0 Å². The van der Waals surface area contributed by atoms with Gasteiger partial charge in [-0.15, -0.1) is 0 Å².